The SMILES string of the molecule is COc1cccc(OC)c1-c1noc(-c2cccc(C)n2)n1. The average Bonchev–Trinajstić information content (AvgIpc) is 3.03. The summed E-state index contributed by atoms with van der Waals surface area (Å²) < 4.78 is 16.0. The van der Waals surface area contributed by atoms with Crippen molar-refractivity contribution in [3.63, 3.8) is 0 Å². The molecule has 6 heteroatoms. The average molecular weight is 297 g/mol. The summed E-state index contributed by atoms with van der Waals surface area (Å²) in [6.45, 7) is 1.91. The zero-order chi connectivity index (χ0) is 15.5. The van der Waals surface area contributed by atoms with Gasteiger partial charge in [0.15, 0.2) is 0 Å². The zero-order valence-corrected chi connectivity index (χ0v) is 12.5. The molecule has 0 amide bonds. The normalized spacial score (nSPS) is 10.5. The van der Waals surface area contributed by atoms with Gasteiger partial charge in [0.2, 0.25) is 5.82 Å². The molecule has 0 aliphatic carbocycles. The summed E-state index contributed by atoms with van der Waals surface area (Å²) in [5.74, 6) is 1.98. The van der Waals surface area contributed by atoms with Crippen LogP contribution in [0, 0.1) is 6.92 Å². The molecular weight excluding hydrogens is 282 g/mol. The lowest BCUT2D eigenvalue weighted by Crippen LogP contribution is -1.94. The van der Waals surface area contributed by atoms with E-state index in [0.717, 1.165) is 5.69 Å². The monoisotopic (exact) mass is 297 g/mol. The lowest BCUT2D eigenvalue weighted by Gasteiger charge is -2.09. The Morgan fingerprint density at radius 3 is 2.23 bits per heavy atom. The maximum Gasteiger partial charge on any atom is 0.276 e. The minimum Gasteiger partial charge on any atom is -0.496 e. The summed E-state index contributed by atoms with van der Waals surface area (Å²) >= 11 is 0. The van der Waals surface area contributed by atoms with Crippen molar-refractivity contribution in [2.24, 2.45) is 0 Å². The minimum atomic E-state index is 0.353. The molecule has 0 N–H and O–H groups in total. The molecule has 0 saturated carbocycles. The number of aromatic nitrogens is 3. The molecule has 0 radical (unpaired) electrons. The van der Waals surface area contributed by atoms with E-state index in [1.165, 1.54) is 0 Å². The summed E-state index contributed by atoms with van der Waals surface area (Å²) in [5.41, 5.74) is 2.16. The van der Waals surface area contributed by atoms with Gasteiger partial charge in [0, 0.05) is 5.69 Å². The van der Waals surface area contributed by atoms with Crippen LogP contribution >= 0.6 is 0 Å². The van der Waals surface area contributed by atoms with Crippen LogP contribution in [0.1, 0.15) is 5.69 Å². The molecule has 22 heavy (non-hydrogen) atoms. The predicted octanol–water partition coefficient (Wildman–Crippen LogP) is 3.12. The molecule has 6 nitrogen and oxygen atoms in total. The molecule has 2 aromatic heterocycles. The Kier molecular flexibility index (Phi) is 3.74. The van der Waals surface area contributed by atoms with Crippen LogP contribution < -0.4 is 9.47 Å². The van der Waals surface area contributed by atoms with Gasteiger partial charge in [-0.2, -0.15) is 4.98 Å². The Morgan fingerprint density at radius 1 is 0.909 bits per heavy atom. The Bertz CT molecular complexity index is 777. The van der Waals surface area contributed by atoms with Gasteiger partial charge in [-0.15, -0.1) is 0 Å². The third-order valence-electron chi connectivity index (χ3n) is 3.18. The number of methoxy groups -OCH3 is 2. The van der Waals surface area contributed by atoms with E-state index >= 15 is 0 Å². The fourth-order valence-corrected chi connectivity index (χ4v) is 2.16. The van der Waals surface area contributed by atoms with Crippen LogP contribution in [0.3, 0.4) is 0 Å². The number of ether oxygens (including phenoxy) is 2. The lowest BCUT2D eigenvalue weighted by atomic mass is 10.1. The third kappa shape index (κ3) is 2.50. The van der Waals surface area contributed by atoms with Gasteiger partial charge in [0.05, 0.1) is 14.2 Å². The zero-order valence-electron chi connectivity index (χ0n) is 12.5. The van der Waals surface area contributed by atoms with Crippen molar-refractivity contribution >= 4 is 0 Å². The van der Waals surface area contributed by atoms with Gasteiger partial charge in [-0.05, 0) is 31.2 Å². The molecule has 0 unspecified atom stereocenters. The highest BCUT2D eigenvalue weighted by Gasteiger charge is 2.19. The molecule has 3 rings (SSSR count). The second-order valence-electron chi connectivity index (χ2n) is 4.62. The Hall–Kier alpha value is -2.89. The molecule has 0 aliphatic rings. The quantitative estimate of drug-likeness (QED) is 0.737. The van der Waals surface area contributed by atoms with Gasteiger partial charge >= 0.3 is 0 Å². The standard InChI is InChI=1S/C16H15N3O3/c1-10-6-4-7-11(17-10)16-18-15(19-22-16)14-12(20-2)8-5-9-13(14)21-3/h4-9H,1-3H3. The fraction of sp³-hybridized carbons (Fsp3) is 0.188. The van der Waals surface area contributed by atoms with Crippen LogP contribution in [0.25, 0.3) is 23.0 Å². The van der Waals surface area contributed by atoms with E-state index in [0.29, 0.717) is 34.5 Å². The minimum absolute atomic E-state index is 0.353. The van der Waals surface area contributed by atoms with Gasteiger partial charge in [-0.1, -0.05) is 17.3 Å². The van der Waals surface area contributed by atoms with Gasteiger partial charge in [0.25, 0.3) is 5.89 Å². The molecule has 0 aliphatic heterocycles. The Morgan fingerprint density at radius 2 is 1.59 bits per heavy atom. The molecule has 0 atom stereocenters. The van der Waals surface area contributed by atoms with Gasteiger partial charge in [0.1, 0.15) is 22.8 Å². The topological polar surface area (TPSA) is 70.3 Å². The van der Waals surface area contributed by atoms with E-state index in [2.05, 4.69) is 15.1 Å². The molecular formula is C16H15N3O3. The van der Waals surface area contributed by atoms with E-state index in [1.54, 1.807) is 14.2 Å². The molecule has 2 heterocycles. The maximum atomic E-state index is 5.36. The highest BCUT2D eigenvalue weighted by atomic mass is 16.5. The Balaban J connectivity index is 2.08. The van der Waals surface area contributed by atoms with Crippen molar-refractivity contribution in [2.75, 3.05) is 14.2 Å². The second-order valence-corrected chi connectivity index (χ2v) is 4.62. The number of benzene rings is 1. The van der Waals surface area contributed by atoms with E-state index in [1.807, 2.05) is 43.3 Å². The largest absolute Gasteiger partial charge is 0.496 e. The van der Waals surface area contributed by atoms with Crippen molar-refractivity contribution in [1.82, 2.24) is 15.1 Å². The highest BCUT2D eigenvalue weighted by molar-refractivity contribution is 5.72. The molecule has 0 fully saturated rings. The molecule has 112 valence electrons. The van der Waals surface area contributed by atoms with Crippen molar-refractivity contribution in [3.05, 3.63) is 42.1 Å². The number of rotatable bonds is 4. The van der Waals surface area contributed by atoms with E-state index < -0.39 is 0 Å². The van der Waals surface area contributed by atoms with Crippen molar-refractivity contribution in [1.29, 1.82) is 0 Å². The highest BCUT2D eigenvalue weighted by Crippen LogP contribution is 2.37. The second kappa shape index (κ2) is 5.85. The first-order valence-corrected chi connectivity index (χ1v) is 6.72. The summed E-state index contributed by atoms with van der Waals surface area (Å²) in [6.07, 6.45) is 0. The van der Waals surface area contributed by atoms with E-state index in [4.69, 9.17) is 14.0 Å². The smallest absolute Gasteiger partial charge is 0.276 e. The number of hydrogen-bond donors (Lipinski definition) is 0. The molecule has 0 bridgehead atoms. The molecule has 0 spiro atoms. The Labute approximate surface area is 127 Å². The van der Waals surface area contributed by atoms with Crippen LogP contribution in [-0.2, 0) is 0 Å². The van der Waals surface area contributed by atoms with Crippen molar-refractivity contribution in [3.8, 4) is 34.5 Å². The van der Waals surface area contributed by atoms with Crippen molar-refractivity contribution < 1.29 is 14.0 Å². The van der Waals surface area contributed by atoms with Crippen LogP contribution in [0.5, 0.6) is 11.5 Å². The summed E-state index contributed by atoms with van der Waals surface area (Å²) in [6, 6.07) is 11.1. The van der Waals surface area contributed by atoms with Crippen LogP contribution in [0.15, 0.2) is 40.9 Å². The molecule has 3 aromatic rings. The number of hydrogen-bond acceptors (Lipinski definition) is 6. The fourth-order valence-electron chi connectivity index (χ4n) is 2.16. The van der Waals surface area contributed by atoms with Gasteiger partial charge in [-0.3, -0.25) is 0 Å². The first-order valence-electron chi connectivity index (χ1n) is 6.72. The van der Waals surface area contributed by atoms with Crippen LogP contribution in [0.4, 0.5) is 0 Å². The third-order valence-corrected chi connectivity index (χ3v) is 3.18. The van der Waals surface area contributed by atoms with Crippen LogP contribution in [-0.4, -0.2) is 29.3 Å². The first kappa shape index (κ1) is 14.1. The number of nitrogens with zero attached hydrogens (tertiary/aromatic N) is 3. The summed E-state index contributed by atoms with van der Waals surface area (Å²) in [5, 5.41) is 4.02. The maximum absolute atomic E-state index is 5.36. The van der Waals surface area contributed by atoms with E-state index in [-0.39, 0.29) is 0 Å². The van der Waals surface area contributed by atoms with Gasteiger partial charge < -0.3 is 14.0 Å². The molecule has 1 aromatic carbocycles. The lowest BCUT2D eigenvalue weighted by molar-refractivity contribution is 0.394. The summed E-state index contributed by atoms with van der Waals surface area (Å²) in [4.78, 5) is 8.79. The molecule has 0 saturated heterocycles. The number of aryl methyl sites for hydroxylation is 1. The number of pyridine rings is 1. The van der Waals surface area contributed by atoms with Crippen LogP contribution in [0.2, 0.25) is 0 Å². The summed E-state index contributed by atoms with van der Waals surface area (Å²) in [7, 11) is 3.17. The van der Waals surface area contributed by atoms with E-state index in [9.17, 15) is 0 Å². The van der Waals surface area contributed by atoms with Crippen molar-refractivity contribution in [2.45, 2.75) is 6.92 Å². The first-order chi connectivity index (χ1) is 10.7. The van der Waals surface area contributed by atoms with Gasteiger partial charge in [-0.25, -0.2) is 4.98 Å². The predicted molar refractivity (Wildman–Crippen MR) is 80.8 cm³/mol.